The molecule has 0 saturated heterocycles. The Kier molecular flexibility index (Phi) is 8.02. The molecular weight excluding hydrogens is 835 g/mol. The van der Waals surface area contributed by atoms with Crippen LogP contribution in [0.2, 0.25) is 0 Å². The maximum Gasteiger partial charge on any atom is 0.143 e. The van der Waals surface area contributed by atoms with E-state index in [-0.39, 0.29) is 0 Å². The minimum absolute atomic E-state index is 0.427. The van der Waals surface area contributed by atoms with Gasteiger partial charge in [-0.3, -0.25) is 0 Å². The summed E-state index contributed by atoms with van der Waals surface area (Å²) in [5.41, 5.74) is 20.0. The Balaban J connectivity index is 0.925. The van der Waals surface area contributed by atoms with Crippen molar-refractivity contribution in [1.29, 1.82) is 0 Å². The number of fused-ring (bicyclic) bond motifs is 17. The third-order valence-corrected chi connectivity index (χ3v) is 15.2. The van der Waals surface area contributed by atoms with Crippen molar-refractivity contribution in [1.82, 2.24) is 0 Å². The molecule has 2 nitrogen and oxygen atoms in total. The van der Waals surface area contributed by atoms with E-state index < -0.39 is 5.41 Å². The maximum atomic E-state index is 6.98. The monoisotopic (exact) mass is 875 g/mol. The highest BCUT2D eigenvalue weighted by atomic mass is 16.3. The molecule has 0 fully saturated rings. The fraction of sp³-hybridized carbons (Fsp3) is 0.0149. The molecule has 0 unspecified atom stereocenters. The number of nitrogens with zero attached hydrogens (tertiary/aromatic N) is 1. The second kappa shape index (κ2) is 14.5. The largest absolute Gasteiger partial charge is 0.455 e. The molecule has 2 heteroatoms. The van der Waals surface area contributed by atoms with Crippen molar-refractivity contribution in [2.45, 2.75) is 5.41 Å². The Morgan fingerprint density at radius 1 is 0.319 bits per heavy atom. The van der Waals surface area contributed by atoms with Gasteiger partial charge in [0.25, 0.3) is 0 Å². The molecular formula is C67H41NO. The van der Waals surface area contributed by atoms with E-state index in [0.717, 1.165) is 55.3 Å². The average molecular weight is 876 g/mol. The van der Waals surface area contributed by atoms with Crippen molar-refractivity contribution >= 4 is 71.3 Å². The number of hydrogen-bond donors (Lipinski definition) is 0. The van der Waals surface area contributed by atoms with Crippen LogP contribution in [-0.2, 0) is 5.41 Å². The Hall–Kier alpha value is -8.98. The lowest BCUT2D eigenvalue weighted by atomic mass is 9.68. The third-order valence-electron chi connectivity index (χ3n) is 15.2. The average Bonchev–Trinajstić information content (AvgIpc) is 4.06. The van der Waals surface area contributed by atoms with E-state index in [1.54, 1.807) is 0 Å². The van der Waals surface area contributed by atoms with Gasteiger partial charge in [-0.25, -0.2) is 0 Å². The molecule has 0 bridgehead atoms. The van der Waals surface area contributed by atoms with Gasteiger partial charge in [-0.2, -0.15) is 0 Å². The number of furan rings is 1. The van der Waals surface area contributed by atoms with E-state index in [1.807, 2.05) is 0 Å². The van der Waals surface area contributed by atoms with Crippen LogP contribution >= 0.6 is 0 Å². The molecule has 0 N–H and O–H groups in total. The van der Waals surface area contributed by atoms with Crippen LogP contribution in [0.4, 0.5) is 17.1 Å². The fourth-order valence-corrected chi connectivity index (χ4v) is 12.3. The van der Waals surface area contributed by atoms with Gasteiger partial charge in [0.15, 0.2) is 0 Å². The molecule has 15 rings (SSSR count). The molecule has 0 radical (unpaired) electrons. The zero-order valence-corrected chi connectivity index (χ0v) is 37.5. The van der Waals surface area contributed by atoms with Crippen LogP contribution in [0.15, 0.2) is 253 Å². The van der Waals surface area contributed by atoms with Gasteiger partial charge in [-0.05, 0) is 136 Å². The summed E-state index contributed by atoms with van der Waals surface area (Å²) in [5, 5.41) is 9.24. The molecule has 69 heavy (non-hydrogen) atoms. The van der Waals surface area contributed by atoms with Crippen molar-refractivity contribution < 1.29 is 4.42 Å². The zero-order chi connectivity index (χ0) is 45.2. The SMILES string of the molecule is c1ccc2c(c1)-c1ccccc1C21c2ccccc2-c2cccc(-c3ccc(-c4cc5c(oc6cccc(N(c7ccc8ccccc8c7)c7ccc8ccccc8c7)c65)c5ccccc45)cc3)c21. The molecule has 1 spiro atoms. The lowest BCUT2D eigenvalue weighted by Gasteiger charge is -2.32. The van der Waals surface area contributed by atoms with Gasteiger partial charge in [0.05, 0.1) is 16.5 Å². The molecule has 1 aromatic heterocycles. The second-order valence-corrected chi connectivity index (χ2v) is 18.7. The first-order valence-corrected chi connectivity index (χ1v) is 23.9. The highest BCUT2D eigenvalue weighted by molar-refractivity contribution is 6.23. The van der Waals surface area contributed by atoms with Crippen molar-refractivity contribution in [2.75, 3.05) is 4.90 Å². The number of rotatable bonds is 5. The minimum atomic E-state index is -0.427. The van der Waals surface area contributed by atoms with Crippen molar-refractivity contribution in [3.8, 4) is 44.5 Å². The Morgan fingerprint density at radius 3 is 1.42 bits per heavy atom. The molecule has 2 aliphatic carbocycles. The van der Waals surface area contributed by atoms with E-state index in [9.17, 15) is 0 Å². The molecule has 320 valence electrons. The molecule has 0 saturated carbocycles. The maximum absolute atomic E-state index is 6.98. The summed E-state index contributed by atoms with van der Waals surface area (Å²) >= 11 is 0. The van der Waals surface area contributed by atoms with Gasteiger partial charge >= 0.3 is 0 Å². The third kappa shape index (κ3) is 5.37. The lowest BCUT2D eigenvalue weighted by Crippen LogP contribution is -2.26. The first-order valence-electron chi connectivity index (χ1n) is 23.9. The summed E-state index contributed by atoms with van der Waals surface area (Å²) in [7, 11) is 0. The lowest BCUT2D eigenvalue weighted by molar-refractivity contribution is 0.672. The van der Waals surface area contributed by atoms with Crippen LogP contribution in [0.25, 0.3) is 98.8 Å². The summed E-state index contributed by atoms with van der Waals surface area (Å²) < 4.78 is 6.98. The van der Waals surface area contributed by atoms with Crippen molar-refractivity contribution in [3.05, 3.63) is 271 Å². The van der Waals surface area contributed by atoms with E-state index in [1.165, 1.54) is 82.7 Å². The quantitative estimate of drug-likeness (QED) is 0.171. The van der Waals surface area contributed by atoms with Gasteiger partial charge in [0.2, 0.25) is 0 Å². The molecule has 13 aromatic rings. The zero-order valence-electron chi connectivity index (χ0n) is 37.5. The Bertz CT molecular complexity index is 4130. The Labute approximate surface area is 399 Å². The van der Waals surface area contributed by atoms with Crippen molar-refractivity contribution in [3.63, 3.8) is 0 Å². The first kappa shape index (κ1) is 38.2. The van der Waals surface area contributed by atoms with Crippen LogP contribution < -0.4 is 4.90 Å². The number of benzene rings is 12. The highest BCUT2D eigenvalue weighted by Gasteiger charge is 2.52. The summed E-state index contributed by atoms with van der Waals surface area (Å²) in [6.07, 6.45) is 0. The Morgan fingerprint density at radius 2 is 0.797 bits per heavy atom. The molecule has 0 amide bonds. The standard InChI is InChI=1S/C67H41NO/c1-3-17-46-39-48(37-35-42(46)15-1)68(49-38-36-43-16-2-4-18-47(43)40-49)62-29-14-30-63-64(62)58-41-57(51-19-5-6-23-56(51)66(58)69-63)45-33-31-44(32-34-45)50-24-13-25-55-54-22-9-12-28-61(54)67(65(50)55)59-26-10-7-20-52(59)53-21-8-11-27-60(53)67/h1-41H. The van der Waals surface area contributed by atoms with E-state index >= 15 is 0 Å². The van der Waals surface area contributed by atoms with E-state index in [4.69, 9.17) is 4.42 Å². The van der Waals surface area contributed by atoms with E-state index in [0.29, 0.717) is 0 Å². The van der Waals surface area contributed by atoms with E-state index in [2.05, 4.69) is 254 Å². The normalized spacial score (nSPS) is 13.0. The molecule has 2 aliphatic rings. The predicted molar refractivity (Wildman–Crippen MR) is 288 cm³/mol. The van der Waals surface area contributed by atoms with Crippen LogP contribution in [0.1, 0.15) is 22.3 Å². The fourth-order valence-electron chi connectivity index (χ4n) is 12.3. The summed E-state index contributed by atoms with van der Waals surface area (Å²) in [6.45, 7) is 0. The van der Waals surface area contributed by atoms with Gasteiger partial charge in [-0.15, -0.1) is 0 Å². The summed E-state index contributed by atoms with van der Waals surface area (Å²) in [6, 6.07) is 91.8. The summed E-state index contributed by atoms with van der Waals surface area (Å²) in [5.74, 6) is 0. The summed E-state index contributed by atoms with van der Waals surface area (Å²) in [4.78, 5) is 2.41. The van der Waals surface area contributed by atoms with Crippen LogP contribution in [-0.4, -0.2) is 0 Å². The molecule has 0 atom stereocenters. The molecule has 0 aliphatic heterocycles. The molecule has 1 heterocycles. The predicted octanol–water partition coefficient (Wildman–Crippen LogP) is 18.2. The van der Waals surface area contributed by atoms with Gasteiger partial charge in [0, 0.05) is 22.1 Å². The van der Waals surface area contributed by atoms with Gasteiger partial charge < -0.3 is 9.32 Å². The number of anilines is 3. The van der Waals surface area contributed by atoms with Crippen LogP contribution in [0.5, 0.6) is 0 Å². The smallest absolute Gasteiger partial charge is 0.143 e. The topological polar surface area (TPSA) is 16.4 Å². The van der Waals surface area contributed by atoms with Gasteiger partial charge in [0.1, 0.15) is 11.2 Å². The highest BCUT2D eigenvalue weighted by Crippen LogP contribution is 2.64. The van der Waals surface area contributed by atoms with Crippen molar-refractivity contribution in [2.24, 2.45) is 0 Å². The second-order valence-electron chi connectivity index (χ2n) is 18.7. The van der Waals surface area contributed by atoms with Crippen LogP contribution in [0, 0.1) is 0 Å². The molecule has 12 aromatic carbocycles. The van der Waals surface area contributed by atoms with Crippen LogP contribution in [0.3, 0.4) is 0 Å². The number of hydrogen-bond acceptors (Lipinski definition) is 2. The first-order chi connectivity index (χ1) is 34.2. The minimum Gasteiger partial charge on any atom is -0.455 e. The van der Waals surface area contributed by atoms with Gasteiger partial charge in [-0.1, -0.05) is 206 Å².